The van der Waals surface area contributed by atoms with Gasteiger partial charge in [0, 0.05) is 6.20 Å². The van der Waals surface area contributed by atoms with Gasteiger partial charge in [0.2, 0.25) is 0 Å². The van der Waals surface area contributed by atoms with Gasteiger partial charge in [-0.3, -0.25) is 4.99 Å². The number of aliphatic imine (C=N–C) groups is 1. The zero-order valence-corrected chi connectivity index (χ0v) is 7.77. The van der Waals surface area contributed by atoms with Crippen molar-refractivity contribution in [1.29, 1.82) is 0 Å². The van der Waals surface area contributed by atoms with Gasteiger partial charge in [0.25, 0.3) is 0 Å². The molecule has 0 spiro atoms. The summed E-state index contributed by atoms with van der Waals surface area (Å²) >= 11 is 0. The Morgan fingerprint density at radius 3 is 2.54 bits per heavy atom. The van der Waals surface area contributed by atoms with Gasteiger partial charge in [-0.25, -0.2) is 0 Å². The maximum Gasteiger partial charge on any atom is 0.0260 e. The number of hydrogen-bond acceptors (Lipinski definition) is 1. The molecule has 13 heavy (non-hydrogen) atoms. The van der Waals surface area contributed by atoms with Crippen LogP contribution in [0.15, 0.2) is 41.5 Å². The molecule has 0 amide bonds. The van der Waals surface area contributed by atoms with Crippen LogP contribution >= 0.6 is 0 Å². The molecule has 1 rings (SSSR count). The maximum atomic E-state index is 3.63. The van der Waals surface area contributed by atoms with E-state index < -0.39 is 0 Å². The number of nitrogens with zero attached hydrogens (tertiary/aromatic N) is 1. The number of allylic oxidation sites excluding steroid dienone is 1. The third-order valence-electron chi connectivity index (χ3n) is 1.77. The maximum absolute atomic E-state index is 3.63. The van der Waals surface area contributed by atoms with Crippen LogP contribution in [-0.4, -0.2) is 6.72 Å². The van der Waals surface area contributed by atoms with E-state index in [0.717, 1.165) is 0 Å². The minimum atomic E-state index is 1.20. The van der Waals surface area contributed by atoms with E-state index in [1.54, 1.807) is 6.20 Å². The highest BCUT2D eigenvalue weighted by molar-refractivity contribution is 5.40. The average Bonchev–Trinajstić information content (AvgIpc) is 2.19. The highest BCUT2D eigenvalue weighted by Crippen LogP contribution is 1.76. The summed E-state index contributed by atoms with van der Waals surface area (Å²) in [6, 6.07) is 8.21. The molecular formula is C12H13N. The quantitative estimate of drug-likeness (QED) is 0.598. The summed E-state index contributed by atoms with van der Waals surface area (Å²) in [5.74, 6) is 0. The van der Waals surface area contributed by atoms with Crippen LogP contribution in [0.4, 0.5) is 0 Å². The first-order valence-corrected chi connectivity index (χ1v) is 4.22. The number of hydrogen-bond donors (Lipinski definition) is 0. The molecule has 0 saturated heterocycles. The lowest BCUT2D eigenvalue weighted by molar-refractivity contribution is 1.50. The Hall–Kier alpha value is -1.63. The Morgan fingerprint density at radius 1 is 1.23 bits per heavy atom. The standard InChI is InChI=1S/C12H13N/c1-3-11-7-4-5-8-12(11)9-6-10-13-2/h3-10H,2H2,1H3/b10-6-,11-3+,12-9-. The Bertz CT molecular complexity index is 413. The molecule has 1 heteroatoms. The molecule has 0 aromatic heterocycles. The van der Waals surface area contributed by atoms with E-state index in [1.807, 2.05) is 31.2 Å². The summed E-state index contributed by atoms with van der Waals surface area (Å²) in [6.45, 7) is 5.40. The average molecular weight is 171 g/mol. The fourth-order valence-electron chi connectivity index (χ4n) is 1.13. The second-order valence-corrected chi connectivity index (χ2v) is 2.61. The van der Waals surface area contributed by atoms with E-state index in [2.05, 4.69) is 29.9 Å². The first-order chi connectivity index (χ1) is 6.38. The van der Waals surface area contributed by atoms with Gasteiger partial charge >= 0.3 is 0 Å². The van der Waals surface area contributed by atoms with Crippen LogP contribution in [0.1, 0.15) is 6.92 Å². The SMILES string of the molecule is C=N\C=C/C=c1/cccc/c1=C\C. The molecule has 0 bridgehead atoms. The Kier molecular flexibility index (Phi) is 3.71. The largest absolute Gasteiger partial charge is 0.273 e. The van der Waals surface area contributed by atoms with Crippen molar-refractivity contribution in [3.05, 3.63) is 47.0 Å². The van der Waals surface area contributed by atoms with E-state index >= 15 is 0 Å². The first kappa shape index (κ1) is 9.46. The van der Waals surface area contributed by atoms with E-state index in [0.29, 0.717) is 0 Å². The minimum Gasteiger partial charge on any atom is -0.273 e. The second-order valence-electron chi connectivity index (χ2n) is 2.61. The Balaban J connectivity index is 3.21. The molecule has 1 aromatic carbocycles. The molecule has 0 aliphatic rings. The predicted octanol–water partition coefficient (Wildman–Crippen LogP) is 1.48. The molecule has 0 unspecified atom stereocenters. The van der Waals surface area contributed by atoms with Gasteiger partial charge in [0.1, 0.15) is 0 Å². The lowest BCUT2D eigenvalue weighted by Gasteiger charge is -1.86. The topological polar surface area (TPSA) is 12.4 Å². The van der Waals surface area contributed by atoms with Gasteiger partial charge in [-0.05, 0) is 30.2 Å². The van der Waals surface area contributed by atoms with Gasteiger partial charge in [-0.2, -0.15) is 0 Å². The molecule has 0 aliphatic carbocycles. The summed E-state index contributed by atoms with van der Waals surface area (Å²) in [4.78, 5) is 3.63. The smallest absolute Gasteiger partial charge is 0.0260 e. The summed E-state index contributed by atoms with van der Waals surface area (Å²) in [5, 5.41) is 2.43. The summed E-state index contributed by atoms with van der Waals surface area (Å²) in [5.41, 5.74) is 0. The number of rotatable bonds is 2. The van der Waals surface area contributed by atoms with Crippen LogP contribution in [0.25, 0.3) is 12.2 Å². The van der Waals surface area contributed by atoms with Crippen molar-refractivity contribution in [3.8, 4) is 0 Å². The van der Waals surface area contributed by atoms with Crippen molar-refractivity contribution in [2.45, 2.75) is 6.92 Å². The van der Waals surface area contributed by atoms with Gasteiger partial charge in [0.15, 0.2) is 0 Å². The van der Waals surface area contributed by atoms with Gasteiger partial charge in [0.05, 0.1) is 0 Å². The van der Waals surface area contributed by atoms with Crippen molar-refractivity contribution in [2.75, 3.05) is 0 Å². The molecule has 0 fully saturated rings. The molecular weight excluding hydrogens is 158 g/mol. The van der Waals surface area contributed by atoms with E-state index in [1.165, 1.54) is 10.4 Å². The summed E-state index contributed by atoms with van der Waals surface area (Å²) in [6.07, 6.45) is 7.66. The van der Waals surface area contributed by atoms with Crippen molar-refractivity contribution < 1.29 is 0 Å². The molecule has 0 aliphatic heterocycles. The second kappa shape index (κ2) is 5.09. The molecule has 66 valence electrons. The van der Waals surface area contributed by atoms with Gasteiger partial charge in [-0.1, -0.05) is 36.4 Å². The van der Waals surface area contributed by atoms with Crippen LogP contribution in [0.3, 0.4) is 0 Å². The molecule has 0 heterocycles. The van der Waals surface area contributed by atoms with E-state index in [9.17, 15) is 0 Å². The van der Waals surface area contributed by atoms with E-state index in [-0.39, 0.29) is 0 Å². The van der Waals surface area contributed by atoms with Crippen molar-refractivity contribution >= 4 is 18.9 Å². The summed E-state index contributed by atoms with van der Waals surface area (Å²) in [7, 11) is 0. The fraction of sp³-hybridized carbons (Fsp3) is 0.0833. The third-order valence-corrected chi connectivity index (χ3v) is 1.77. The molecule has 0 N–H and O–H groups in total. The van der Waals surface area contributed by atoms with Crippen LogP contribution in [0.2, 0.25) is 0 Å². The Labute approximate surface area is 78.4 Å². The zero-order chi connectivity index (χ0) is 9.52. The molecule has 0 atom stereocenters. The molecule has 0 saturated carbocycles. The monoisotopic (exact) mass is 171 g/mol. The van der Waals surface area contributed by atoms with Gasteiger partial charge in [-0.15, -0.1) is 0 Å². The van der Waals surface area contributed by atoms with Crippen LogP contribution < -0.4 is 10.4 Å². The first-order valence-electron chi connectivity index (χ1n) is 4.22. The minimum absolute atomic E-state index is 1.20. The highest BCUT2D eigenvalue weighted by atomic mass is 14.6. The Morgan fingerprint density at radius 2 is 1.92 bits per heavy atom. The molecule has 1 aromatic rings. The molecule has 0 radical (unpaired) electrons. The third kappa shape index (κ3) is 2.71. The van der Waals surface area contributed by atoms with Gasteiger partial charge < -0.3 is 0 Å². The summed E-state index contributed by atoms with van der Waals surface area (Å²) < 4.78 is 0. The van der Waals surface area contributed by atoms with Crippen LogP contribution in [0, 0.1) is 0 Å². The lowest BCUT2D eigenvalue weighted by atomic mass is 10.2. The number of benzene rings is 1. The van der Waals surface area contributed by atoms with E-state index in [4.69, 9.17) is 0 Å². The predicted molar refractivity (Wildman–Crippen MR) is 59.0 cm³/mol. The lowest BCUT2D eigenvalue weighted by Crippen LogP contribution is -2.22. The van der Waals surface area contributed by atoms with Crippen LogP contribution in [-0.2, 0) is 0 Å². The van der Waals surface area contributed by atoms with Crippen molar-refractivity contribution in [2.24, 2.45) is 4.99 Å². The van der Waals surface area contributed by atoms with Crippen molar-refractivity contribution in [1.82, 2.24) is 0 Å². The fourth-order valence-corrected chi connectivity index (χ4v) is 1.13. The molecule has 1 nitrogen and oxygen atoms in total. The van der Waals surface area contributed by atoms with Crippen LogP contribution in [0.5, 0.6) is 0 Å². The normalized spacial score (nSPS) is 13.9. The van der Waals surface area contributed by atoms with Crippen molar-refractivity contribution in [3.63, 3.8) is 0 Å². The zero-order valence-electron chi connectivity index (χ0n) is 7.77. The highest BCUT2D eigenvalue weighted by Gasteiger charge is 1.78.